The molecule has 0 saturated carbocycles. The maximum atomic E-state index is 14.2. The number of nitrogens with zero attached hydrogens (tertiary/aromatic N) is 2. The van der Waals surface area contributed by atoms with Crippen LogP contribution < -0.4 is 14.4 Å². The smallest absolute Gasteiger partial charge is 0.264 e. The fourth-order valence-corrected chi connectivity index (χ4v) is 6.02. The predicted octanol–water partition coefficient (Wildman–Crippen LogP) is 5.62. The zero-order valence-electron chi connectivity index (χ0n) is 25.5. The number of hydrogen-bond acceptors (Lipinski definition) is 5. The van der Waals surface area contributed by atoms with Gasteiger partial charge in [-0.1, -0.05) is 61.4 Å². The molecule has 42 heavy (non-hydrogen) atoms. The lowest BCUT2D eigenvalue weighted by atomic mass is 10.1. The Morgan fingerprint density at radius 3 is 2.12 bits per heavy atom. The van der Waals surface area contributed by atoms with E-state index in [1.54, 1.807) is 36.4 Å². The highest BCUT2D eigenvalue weighted by Gasteiger charge is 2.34. The number of anilines is 1. The average Bonchev–Trinajstić information content (AvgIpc) is 2.96. The van der Waals surface area contributed by atoms with Gasteiger partial charge in [-0.15, -0.1) is 0 Å². The summed E-state index contributed by atoms with van der Waals surface area (Å²) in [6.07, 6.45) is 1.12. The highest BCUT2D eigenvalue weighted by Crippen LogP contribution is 2.26. The number of rotatable bonds is 14. The van der Waals surface area contributed by atoms with Gasteiger partial charge in [0.25, 0.3) is 10.0 Å². The quantitative estimate of drug-likeness (QED) is 0.262. The third-order valence-corrected chi connectivity index (χ3v) is 8.93. The Morgan fingerprint density at radius 1 is 0.881 bits per heavy atom. The third kappa shape index (κ3) is 8.35. The molecule has 0 saturated heterocycles. The summed E-state index contributed by atoms with van der Waals surface area (Å²) in [5.41, 5.74) is 3.19. The Balaban J connectivity index is 2.05. The monoisotopic (exact) mass is 593 g/mol. The topological polar surface area (TPSA) is 96.0 Å². The summed E-state index contributed by atoms with van der Waals surface area (Å²) in [5, 5.41) is 3.00. The normalized spacial score (nSPS) is 12.7. The second-order valence-corrected chi connectivity index (χ2v) is 12.4. The standard InChI is InChI=1S/C33H43N3O5S/c1-7-26(6)34-33(38)31(8-2)35(22-27-12-10-11-25(5)21-27)32(37)23-36(28-15-13-24(4)14-16-28)42(39,40)30-19-17-29(18-20-30)41-9-3/h10-21,26,31H,7-9,22-23H2,1-6H3,(H,34,38)/t26-,31+/m1/s1. The summed E-state index contributed by atoms with van der Waals surface area (Å²) in [6, 6.07) is 20.0. The molecular weight excluding hydrogens is 550 g/mol. The van der Waals surface area contributed by atoms with E-state index >= 15 is 0 Å². The van der Waals surface area contributed by atoms with Crippen molar-refractivity contribution in [2.24, 2.45) is 0 Å². The van der Waals surface area contributed by atoms with Crippen LogP contribution in [0.15, 0.2) is 77.7 Å². The number of carbonyl (C=O) groups is 2. The molecule has 2 amide bonds. The van der Waals surface area contributed by atoms with Crippen molar-refractivity contribution in [3.05, 3.63) is 89.5 Å². The molecule has 9 heteroatoms. The second-order valence-electron chi connectivity index (χ2n) is 10.5. The van der Waals surface area contributed by atoms with Crippen molar-refractivity contribution in [2.75, 3.05) is 17.5 Å². The molecule has 0 aromatic heterocycles. The molecule has 2 atom stereocenters. The maximum absolute atomic E-state index is 14.2. The van der Waals surface area contributed by atoms with E-state index in [1.807, 2.05) is 65.8 Å². The lowest BCUT2D eigenvalue weighted by Crippen LogP contribution is -2.53. The average molecular weight is 594 g/mol. The number of ether oxygens (including phenoxy) is 1. The van der Waals surface area contributed by atoms with Crippen LogP contribution in [-0.4, -0.2) is 50.4 Å². The molecule has 0 heterocycles. The molecule has 0 aliphatic carbocycles. The van der Waals surface area contributed by atoms with Crippen LogP contribution in [0.4, 0.5) is 5.69 Å². The Labute approximate surface area is 250 Å². The van der Waals surface area contributed by atoms with Crippen molar-refractivity contribution in [3.63, 3.8) is 0 Å². The number of carbonyl (C=O) groups excluding carboxylic acids is 2. The first-order valence-electron chi connectivity index (χ1n) is 14.5. The first-order valence-corrected chi connectivity index (χ1v) is 15.9. The van der Waals surface area contributed by atoms with Gasteiger partial charge in [0.2, 0.25) is 11.8 Å². The van der Waals surface area contributed by atoms with Crippen molar-refractivity contribution in [3.8, 4) is 5.75 Å². The highest BCUT2D eigenvalue weighted by molar-refractivity contribution is 7.92. The zero-order chi connectivity index (χ0) is 30.9. The van der Waals surface area contributed by atoms with Gasteiger partial charge in [-0.3, -0.25) is 13.9 Å². The lowest BCUT2D eigenvalue weighted by molar-refractivity contribution is -0.140. The zero-order valence-corrected chi connectivity index (χ0v) is 26.3. The summed E-state index contributed by atoms with van der Waals surface area (Å²) in [4.78, 5) is 29.1. The van der Waals surface area contributed by atoms with Crippen LogP contribution in [0.2, 0.25) is 0 Å². The van der Waals surface area contributed by atoms with Gasteiger partial charge in [0.15, 0.2) is 0 Å². The molecule has 8 nitrogen and oxygen atoms in total. The largest absolute Gasteiger partial charge is 0.494 e. The minimum Gasteiger partial charge on any atom is -0.494 e. The van der Waals surface area contributed by atoms with Crippen molar-refractivity contribution in [1.29, 1.82) is 0 Å². The van der Waals surface area contributed by atoms with Crippen molar-refractivity contribution in [1.82, 2.24) is 10.2 Å². The van der Waals surface area contributed by atoms with E-state index in [2.05, 4.69) is 5.32 Å². The van der Waals surface area contributed by atoms with Crippen molar-refractivity contribution < 1.29 is 22.7 Å². The number of amides is 2. The van der Waals surface area contributed by atoms with Gasteiger partial charge in [-0.25, -0.2) is 8.42 Å². The van der Waals surface area contributed by atoms with E-state index in [-0.39, 0.29) is 23.4 Å². The SMILES string of the molecule is CCOc1ccc(S(=O)(=O)N(CC(=O)N(Cc2cccc(C)c2)[C@@H](CC)C(=O)N[C@H](C)CC)c2ccc(C)cc2)cc1. The molecule has 0 spiro atoms. The fourth-order valence-electron chi connectivity index (χ4n) is 4.61. The van der Waals surface area contributed by atoms with E-state index in [1.165, 1.54) is 17.0 Å². The number of benzene rings is 3. The van der Waals surface area contributed by atoms with Gasteiger partial charge < -0.3 is 15.0 Å². The van der Waals surface area contributed by atoms with Crippen LogP contribution in [0.1, 0.15) is 57.2 Å². The van der Waals surface area contributed by atoms with Crippen LogP contribution in [0.3, 0.4) is 0 Å². The summed E-state index contributed by atoms with van der Waals surface area (Å²) in [5.74, 6) is -0.182. The molecule has 0 aliphatic rings. The Morgan fingerprint density at radius 2 is 1.55 bits per heavy atom. The van der Waals surface area contributed by atoms with E-state index in [0.717, 1.165) is 27.4 Å². The van der Waals surface area contributed by atoms with E-state index in [0.29, 0.717) is 24.5 Å². The molecule has 0 fully saturated rings. The number of nitrogens with one attached hydrogen (secondary N) is 1. The second kappa shape index (κ2) is 14.9. The summed E-state index contributed by atoms with van der Waals surface area (Å²) < 4.78 is 34.7. The molecule has 0 aliphatic heterocycles. The maximum Gasteiger partial charge on any atom is 0.264 e. The minimum atomic E-state index is -4.15. The summed E-state index contributed by atoms with van der Waals surface area (Å²) >= 11 is 0. The van der Waals surface area contributed by atoms with Gasteiger partial charge in [-0.05, 0) is 82.5 Å². The van der Waals surface area contributed by atoms with Crippen LogP contribution in [0, 0.1) is 13.8 Å². The Bertz CT molecular complexity index is 1440. The van der Waals surface area contributed by atoms with Crippen LogP contribution in [0.5, 0.6) is 5.75 Å². The van der Waals surface area contributed by atoms with Crippen molar-refractivity contribution in [2.45, 2.75) is 77.9 Å². The molecule has 3 rings (SSSR count). The predicted molar refractivity (Wildman–Crippen MR) is 167 cm³/mol. The summed E-state index contributed by atoms with van der Waals surface area (Å²) in [6.45, 7) is 11.6. The number of sulfonamides is 1. The van der Waals surface area contributed by atoms with E-state index in [9.17, 15) is 18.0 Å². The molecule has 0 radical (unpaired) electrons. The number of aryl methyl sites for hydroxylation is 2. The summed E-state index contributed by atoms with van der Waals surface area (Å²) in [7, 11) is -4.15. The molecule has 226 valence electrons. The molecular formula is C33H43N3O5S. The number of hydrogen-bond donors (Lipinski definition) is 1. The minimum absolute atomic E-state index is 0.0334. The van der Waals surface area contributed by atoms with Gasteiger partial charge in [0.05, 0.1) is 17.2 Å². The Kier molecular flexibility index (Phi) is 11.6. The first kappa shape index (κ1) is 32.7. The van der Waals surface area contributed by atoms with E-state index < -0.39 is 28.5 Å². The lowest BCUT2D eigenvalue weighted by Gasteiger charge is -2.33. The Hall–Kier alpha value is -3.85. The first-order chi connectivity index (χ1) is 20.0. The molecule has 3 aromatic rings. The van der Waals surface area contributed by atoms with Crippen LogP contribution >= 0.6 is 0 Å². The van der Waals surface area contributed by atoms with Gasteiger partial charge in [0, 0.05) is 12.6 Å². The van der Waals surface area contributed by atoms with Crippen molar-refractivity contribution >= 4 is 27.5 Å². The molecule has 1 N–H and O–H groups in total. The third-order valence-electron chi connectivity index (χ3n) is 7.15. The molecule has 0 unspecified atom stereocenters. The van der Waals surface area contributed by atoms with Gasteiger partial charge in [-0.2, -0.15) is 0 Å². The molecule has 0 bridgehead atoms. The van der Waals surface area contributed by atoms with E-state index in [4.69, 9.17) is 4.74 Å². The van der Waals surface area contributed by atoms with Crippen LogP contribution in [-0.2, 0) is 26.2 Å². The molecule has 3 aromatic carbocycles. The fraction of sp³-hybridized carbons (Fsp3) is 0.394. The van der Waals surface area contributed by atoms with Gasteiger partial charge in [0.1, 0.15) is 18.3 Å². The van der Waals surface area contributed by atoms with Gasteiger partial charge >= 0.3 is 0 Å². The highest BCUT2D eigenvalue weighted by atomic mass is 32.2. The van der Waals surface area contributed by atoms with Crippen LogP contribution in [0.25, 0.3) is 0 Å².